The molecule has 0 radical (unpaired) electrons. The standard InChI is InChI=1S/C21H25N3O4/c1-4-8-24-10-15(14(2)22-24)9-23-11-17-16-6-5-7-18(27-3)19(16)28-13-21(17,12-23)20(25)26/h4-7,10,17H,1,8-9,11-13H2,2-3H3,(H,25,26)/t17-,21-/m0/s1. The molecule has 28 heavy (non-hydrogen) atoms. The quantitative estimate of drug-likeness (QED) is 0.772. The van der Waals surface area contributed by atoms with E-state index in [1.807, 2.05) is 42.1 Å². The Hall–Kier alpha value is -2.80. The smallest absolute Gasteiger partial charge is 0.315 e. The lowest BCUT2D eigenvalue weighted by Crippen LogP contribution is -2.45. The Morgan fingerprint density at radius 2 is 2.36 bits per heavy atom. The average Bonchev–Trinajstić information content (AvgIpc) is 3.22. The summed E-state index contributed by atoms with van der Waals surface area (Å²) < 4.78 is 13.2. The van der Waals surface area contributed by atoms with E-state index in [9.17, 15) is 9.90 Å². The highest BCUT2D eigenvalue weighted by Crippen LogP contribution is 2.52. The molecule has 1 aromatic heterocycles. The molecule has 7 heteroatoms. The number of para-hydroxylation sites is 1. The Kier molecular flexibility index (Phi) is 4.63. The monoisotopic (exact) mass is 383 g/mol. The number of fused-ring (bicyclic) bond motifs is 3. The van der Waals surface area contributed by atoms with Gasteiger partial charge in [-0.15, -0.1) is 6.58 Å². The van der Waals surface area contributed by atoms with Gasteiger partial charge in [0.05, 0.1) is 19.3 Å². The molecule has 2 aliphatic heterocycles. The van der Waals surface area contributed by atoms with Gasteiger partial charge in [-0.05, 0) is 13.0 Å². The molecule has 2 aliphatic rings. The van der Waals surface area contributed by atoms with Gasteiger partial charge in [0.15, 0.2) is 11.5 Å². The Bertz CT molecular complexity index is 922. The Balaban J connectivity index is 1.65. The normalized spacial score (nSPS) is 23.6. The van der Waals surface area contributed by atoms with Crippen molar-refractivity contribution in [3.63, 3.8) is 0 Å². The van der Waals surface area contributed by atoms with E-state index < -0.39 is 11.4 Å². The first kappa shape index (κ1) is 18.6. The number of methoxy groups -OCH3 is 1. The first-order chi connectivity index (χ1) is 13.5. The second-order valence-electron chi connectivity index (χ2n) is 7.60. The number of rotatable bonds is 6. The van der Waals surface area contributed by atoms with Crippen LogP contribution < -0.4 is 9.47 Å². The van der Waals surface area contributed by atoms with Crippen LogP contribution in [0.5, 0.6) is 11.5 Å². The van der Waals surface area contributed by atoms with Gasteiger partial charge < -0.3 is 14.6 Å². The molecule has 2 aromatic rings. The minimum absolute atomic E-state index is 0.144. The summed E-state index contributed by atoms with van der Waals surface area (Å²) in [6, 6.07) is 5.69. The molecule has 1 fully saturated rings. The summed E-state index contributed by atoms with van der Waals surface area (Å²) in [6.07, 6.45) is 3.82. The number of benzene rings is 1. The fourth-order valence-electron chi connectivity index (χ4n) is 4.45. The summed E-state index contributed by atoms with van der Waals surface area (Å²) in [7, 11) is 1.60. The van der Waals surface area contributed by atoms with Gasteiger partial charge in [-0.3, -0.25) is 14.4 Å². The van der Waals surface area contributed by atoms with Gasteiger partial charge in [0.1, 0.15) is 12.0 Å². The van der Waals surface area contributed by atoms with Crippen molar-refractivity contribution >= 4 is 5.97 Å². The van der Waals surface area contributed by atoms with E-state index in [2.05, 4.69) is 16.6 Å². The molecule has 0 unspecified atom stereocenters. The van der Waals surface area contributed by atoms with E-state index >= 15 is 0 Å². The number of aromatic nitrogens is 2. The second kappa shape index (κ2) is 6.98. The lowest BCUT2D eigenvalue weighted by molar-refractivity contribution is -0.152. The van der Waals surface area contributed by atoms with E-state index in [-0.39, 0.29) is 12.5 Å². The molecule has 3 heterocycles. The number of hydrogen-bond donors (Lipinski definition) is 1. The summed E-state index contributed by atoms with van der Waals surface area (Å²) in [4.78, 5) is 14.5. The third-order valence-electron chi connectivity index (χ3n) is 5.88. The van der Waals surface area contributed by atoms with Crippen LogP contribution in [0.1, 0.15) is 22.7 Å². The van der Waals surface area contributed by atoms with Crippen LogP contribution >= 0.6 is 0 Å². The zero-order valence-corrected chi connectivity index (χ0v) is 16.2. The van der Waals surface area contributed by atoms with Crippen molar-refractivity contribution in [1.29, 1.82) is 0 Å². The zero-order chi connectivity index (χ0) is 19.9. The fraction of sp³-hybridized carbons (Fsp3) is 0.429. The van der Waals surface area contributed by atoms with E-state index in [1.54, 1.807) is 7.11 Å². The number of carboxylic acids is 1. The highest BCUT2D eigenvalue weighted by molar-refractivity contribution is 5.79. The van der Waals surface area contributed by atoms with Crippen LogP contribution in [0.3, 0.4) is 0 Å². The highest BCUT2D eigenvalue weighted by atomic mass is 16.5. The Labute approximate surface area is 164 Å². The van der Waals surface area contributed by atoms with E-state index in [0.29, 0.717) is 37.7 Å². The minimum Gasteiger partial charge on any atom is -0.493 e. The summed E-state index contributed by atoms with van der Waals surface area (Å²) in [5.74, 6) is 0.361. The van der Waals surface area contributed by atoms with Gasteiger partial charge in [-0.2, -0.15) is 5.10 Å². The van der Waals surface area contributed by atoms with Crippen molar-refractivity contribution in [1.82, 2.24) is 14.7 Å². The van der Waals surface area contributed by atoms with E-state index in [1.165, 1.54) is 0 Å². The first-order valence-electron chi connectivity index (χ1n) is 9.38. The van der Waals surface area contributed by atoms with E-state index in [0.717, 1.165) is 16.8 Å². The maximum atomic E-state index is 12.3. The molecular weight excluding hydrogens is 358 g/mol. The van der Waals surface area contributed by atoms with Crippen LogP contribution in [0.25, 0.3) is 0 Å². The Morgan fingerprint density at radius 1 is 1.54 bits per heavy atom. The number of ether oxygens (including phenoxy) is 2. The second-order valence-corrected chi connectivity index (χ2v) is 7.60. The number of carbonyl (C=O) groups is 1. The van der Waals surface area contributed by atoms with Gasteiger partial charge in [0, 0.05) is 42.9 Å². The lowest BCUT2D eigenvalue weighted by atomic mass is 9.73. The van der Waals surface area contributed by atoms with Crippen LogP contribution in [0.2, 0.25) is 0 Å². The topological polar surface area (TPSA) is 76.8 Å². The lowest BCUT2D eigenvalue weighted by Gasteiger charge is -2.36. The molecule has 1 saturated heterocycles. The molecule has 4 rings (SSSR count). The molecule has 0 amide bonds. The summed E-state index contributed by atoms with van der Waals surface area (Å²) >= 11 is 0. The molecule has 0 spiro atoms. The van der Waals surface area contributed by atoms with Gasteiger partial charge >= 0.3 is 5.97 Å². The largest absolute Gasteiger partial charge is 0.493 e. The van der Waals surface area contributed by atoms with Crippen LogP contribution in [-0.4, -0.2) is 52.6 Å². The number of aryl methyl sites for hydroxylation is 1. The van der Waals surface area contributed by atoms with Crippen molar-refractivity contribution in [3.8, 4) is 11.5 Å². The van der Waals surface area contributed by atoms with Gasteiger partial charge in [-0.25, -0.2) is 0 Å². The molecule has 7 nitrogen and oxygen atoms in total. The molecule has 0 saturated carbocycles. The predicted octanol–water partition coefficient (Wildman–Crippen LogP) is 2.45. The first-order valence-corrected chi connectivity index (χ1v) is 9.38. The van der Waals surface area contributed by atoms with Crippen molar-refractivity contribution < 1.29 is 19.4 Å². The molecular formula is C21H25N3O4. The number of nitrogens with zero attached hydrogens (tertiary/aromatic N) is 3. The van der Waals surface area contributed by atoms with Crippen molar-refractivity contribution in [2.45, 2.75) is 25.9 Å². The average molecular weight is 383 g/mol. The predicted molar refractivity (Wildman–Crippen MR) is 104 cm³/mol. The van der Waals surface area contributed by atoms with Gasteiger partial charge in [-0.1, -0.05) is 18.2 Å². The van der Waals surface area contributed by atoms with Crippen LogP contribution in [0.4, 0.5) is 0 Å². The summed E-state index contributed by atoms with van der Waals surface area (Å²) in [5, 5.41) is 14.6. The molecule has 0 aliphatic carbocycles. The number of hydrogen-bond acceptors (Lipinski definition) is 5. The van der Waals surface area contributed by atoms with Crippen LogP contribution in [0.15, 0.2) is 37.1 Å². The molecule has 1 aromatic carbocycles. The summed E-state index contributed by atoms with van der Waals surface area (Å²) in [5.41, 5.74) is 2.02. The maximum absolute atomic E-state index is 12.3. The van der Waals surface area contributed by atoms with Gasteiger partial charge in [0.2, 0.25) is 0 Å². The van der Waals surface area contributed by atoms with Crippen molar-refractivity contribution in [2.24, 2.45) is 5.41 Å². The zero-order valence-electron chi connectivity index (χ0n) is 16.2. The highest BCUT2D eigenvalue weighted by Gasteiger charge is 2.56. The van der Waals surface area contributed by atoms with Crippen LogP contribution in [-0.2, 0) is 17.9 Å². The number of allylic oxidation sites excluding steroid dienone is 1. The Morgan fingerprint density at radius 3 is 3.07 bits per heavy atom. The molecule has 2 atom stereocenters. The number of likely N-dealkylation sites (tertiary alicyclic amines) is 1. The fourth-order valence-corrected chi connectivity index (χ4v) is 4.45. The molecule has 148 valence electrons. The molecule has 0 bridgehead atoms. The number of aliphatic carboxylic acids is 1. The van der Waals surface area contributed by atoms with Crippen molar-refractivity contribution in [3.05, 3.63) is 53.9 Å². The molecule has 1 N–H and O–H groups in total. The van der Waals surface area contributed by atoms with Gasteiger partial charge in [0.25, 0.3) is 0 Å². The third-order valence-corrected chi connectivity index (χ3v) is 5.88. The number of carboxylic acid groups (broad SMARTS) is 1. The van der Waals surface area contributed by atoms with Crippen LogP contribution in [0, 0.1) is 12.3 Å². The SMILES string of the molecule is C=CCn1cc(CN2C[C@H]3c4cccc(OC)c4OC[C@@]3(C(=O)O)C2)c(C)n1. The minimum atomic E-state index is -0.954. The van der Waals surface area contributed by atoms with E-state index in [4.69, 9.17) is 9.47 Å². The third kappa shape index (κ3) is 2.86. The summed E-state index contributed by atoms with van der Waals surface area (Å²) in [6.45, 7) is 8.29. The van der Waals surface area contributed by atoms with Crippen molar-refractivity contribution in [2.75, 3.05) is 26.8 Å². The maximum Gasteiger partial charge on any atom is 0.315 e.